The number of para-hydroxylation sites is 2. The molecule has 0 unspecified atom stereocenters. The van der Waals surface area contributed by atoms with E-state index in [0.29, 0.717) is 12.5 Å². The smallest absolute Gasteiger partial charge is 0.287 e. The van der Waals surface area contributed by atoms with Crippen LogP contribution in [-0.4, -0.2) is 27.6 Å². The van der Waals surface area contributed by atoms with Crippen molar-refractivity contribution in [3.05, 3.63) is 72.4 Å². The fraction of sp³-hybridized carbons (Fsp3) is 0.105. The molecule has 3 heterocycles. The van der Waals surface area contributed by atoms with E-state index in [9.17, 15) is 4.79 Å². The van der Waals surface area contributed by atoms with Crippen molar-refractivity contribution in [1.29, 1.82) is 0 Å². The number of ether oxygens (including phenoxy) is 1. The largest absolute Gasteiger partial charge is 0.468 e. The summed E-state index contributed by atoms with van der Waals surface area (Å²) in [5, 5.41) is 2.84. The molecule has 1 aromatic carbocycles. The van der Waals surface area contributed by atoms with E-state index in [1.807, 2.05) is 41.0 Å². The SMILES string of the molecule is COc1ccc(C(=O)NCc2cccnc2-n2cnc3ccccc32)o1. The van der Waals surface area contributed by atoms with Crippen LogP contribution in [0.5, 0.6) is 5.95 Å². The van der Waals surface area contributed by atoms with Crippen molar-refractivity contribution in [1.82, 2.24) is 19.9 Å². The van der Waals surface area contributed by atoms with E-state index in [1.165, 1.54) is 7.11 Å². The van der Waals surface area contributed by atoms with Crippen LogP contribution in [-0.2, 0) is 6.54 Å². The maximum Gasteiger partial charge on any atom is 0.287 e. The second-order valence-electron chi connectivity index (χ2n) is 5.59. The zero-order valence-electron chi connectivity index (χ0n) is 14.0. The van der Waals surface area contributed by atoms with Crippen LogP contribution in [0.4, 0.5) is 0 Å². The Morgan fingerprint density at radius 3 is 2.88 bits per heavy atom. The van der Waals surface area contributed by atoms with Gasteiger partial charge in [-0.1, -0.05) is 18.2 Å². The summed E-state index contributed by atoms with van der Waals surface area (Å²) in [5.74, 6) is 0.889. The Hall–Kier alpha value is -3.61. The van der Waals surface area contributed by atoms with Gasteiger partial charge in [-0.05, 0) is 24.3 Å². The van der Waals surface area contributed by atoms with Gasteiger partial charge in [0.15, 0.2) is 5.76 Å². The molecule has 0 spiro atoms. The average molecular weight is 348 g/mol. The molecule has 0 radical (unpaired) electrons. The standard InChI is InChI=1S/C19H16N4O3/c1-25-17-9-8-16(26-17)19(24)21-11-13-5-4-10-20-18(13)23-12-22-14-6-2-3-7-15(14)23/h2-10,12H,11H2,1H3,(H,21,24). The summed E-state index contributed by atoms with van der Waals surface area (Å²) < 4.78 is 12.1. The first-order valence-electron chi connectivity index (χ1n) is 8.04. The van der Waals surface area contributed by atoms with Gasteiger partial charge >= 0.3 is 0 Å². The molecule has 4 rings (SSSR count). The third-order valence-corrected chi connectivity index (χ3v) is 3.99. The third-order valence-electron chi connectivity index (χ3n) is 3.99. The molecule has 1 N–H and O–H groups in total. The Balaban J connectivity index is 1.59. The molecule has 7 heteroatoms. The van der Waals surface area contributed by atoms with E-state index >= 15 is 0 Å². The number of pyridine rings is 1. The van der Waals surface area contributed by atoms with E-state index in [2.05, 4.69) is 15.3 Å². The number of hydrogen-bond acceptors (Lipinski definition) is 5. The Morgan fingerprint density at radius 1 is 1.15 bits per heavy atom. The fourth-order valence-electron chi connectivity index (χ4n) is 2.73. The number of rotatable bonds is 5. The minimum atomic E-state index is -0.321. The topological polar surface area (TPSA) is 82.2 Å². The Labute approximate surface area is 149 Å². The summed E-state index contributed by atoms with van der Waals surface area (Å²) in [5.41, 5.74) is 2.70. The van der Waals surface area contributed by atoms with Crippen LogP contribution in [0.3, 0.4) is 0 Å². The highest BCUT2D eigenvalue weighted by atomic mass is 16.6. The van der Waals surface area contributed by atoms with Crippen LogP contribution >= 0.6 is 0 Å². The number of fused-ring (bicyclic) bond motifs is 1. The lowest BCUT2D eigenvalue weighted by atomic mass is 10.2. The number of aromatic nitrogens is 3. The van der Waals surface area contributed by atoms with Gasteiger partial charge in [0, 0.05) is 24.4 Å². The second-order valence-corrected chi connectivity index (χ2v) is 5.59. The fourth-order valence-corrected chi connectivity index (χ4v) is 2.73. The summed E-state index contributed by atoms with van der Waals surface area (Å²) in [7, 11) is 1.48. The van der Waals surface area contributed by atoms with Crippen LogP contribution < -0.4 is 10.1 Å². The van der Waals surface area contributed by atoms with E-state index in [-0.39, 0.29) is 11.7 Å². The van der Waals surface area contributed by atoms with Gasteiger partial charge in [-0.2, -0.15) is 0 Å². The highest BCUT2D eigenvalue weighted by molar-refractivity contribution is 5.91. The summed E-state index contributed by atoms with van der Waals surface area (Å²) in [6, 6.07) is 14.7. The number of carbonyl (C=O) groups is 1. The molecular formula is C19H16N4O3. The van der Waals surface area contributed by atoms with Crippen molar-refractivity contribution >= 4 is 16.9 Å². The van der Waals surface area contributed by atoms with Crippen molar-refractivity contribution in [3.63, 3.8) is 0 Å². The zero-order valence-corrected chi connectivity index (χ0v) is 14.0. The Morgan fingerprint density at radius 2 is 2.04 bits per heavy atom. The predicted octanol–water partition coefficient (Wildman–Crippen LogP) is 2.95. The van der Waals surface area contributed by atoms with Crippen LogP contribution in [0.1, 0.15) is 16.1 Å². The minimum Gasteiger partial charge on any atom is -0.468 e. The monoisotopic (exact) mass is 348 g/mol. The molecule has 0 aliphatic rings. The number of benzene rings is 1. The van der Waals surface area contributed by atoms with Crippen molar-refractivity contribution in [2.75, 3.05) is 7.11 Å². The van der Waals surface area contributed by atoms with Gasteiger partial charge in [0.2, 0.25) is 0 Å². The molecule has 0 saturated heterocycles. The van der Waals surface area contributed by atoms with Crippen molar-refractivity contribution in [3.8, 4) is 11.8 Å². The Kier molecular flexibility index (Phi) is 4.10. The number of nitrogens with one attached hydrogen (secondary N) is 1. The van der Waals surface area contributed by atoms with Crippen molar-refractivity contribution < 1.29 is 13.9 Å². The third kappa shape index (κ3) is 2.90. The lowest BCUT2D eigenvalue weighted by Gasteiger charge is -2.10. The van der Waals surface area contributed by atoms with E-state index in [1.54, 1.807) is 24.7 Å². The lowest BCUT2D eigenvalue weighted by molar-refractivity contribution is 0.0917. The molecule has 4 aromatic rings. The summed E-state index contributed by atoms with van der Waals surface area (Å²) in [6.07, 6.45) is 3.45. The van der Waals surface area contributed by atoms with Gasteiger partial charge in [-0.3, -0.25) is 9.36 Å². The summed E-state index contributed by atoms with van der Waals surface area (Å²) in [4.78, 5) is 21.1. The maximum absolute atomic E-state index is 12.3. The molecule has 0 saturated carbocycles. The first-order chi connectivity index (χ1) is 12.8. The molecule has 3 aromatic heterocycles. The molecule has 26 heavy (non-hydrogen) atoms. The highest BCUT2D eigenvalue weighted by Gasteiger charge is 2.14. The number of carbonyl (C=O) groups excluding carboxylic acids is 1. The predicted molar refractivity (Wildman–Crippen MR) is 95.3 cm³/mol. The number of nitrogens with zero attached hydrogens (tertiary/aromatic N) is 3. The molecule has 0 bridgehead atoms. The minimum absolute atomic E-state index is 0.195. The van der Waals surface area contributed by atoms with Crippen molar-refractivity contribution in [2.24, 2.45) is 0 Å². The van der Waals surface area contributed by atoms with Gasteiger partial charge < -0.3 is 14.5 Å². The molecule has 0 fully saturated rings. The number of amides is 1. The maximum atomic E-state index is 12.3. The average Bonchev–Trinajstić information content (AvgIpc) is 3.33. The lowest BCUT2D eigenvalue weighted by Crippen LogP contribution is -2.23. The molecular weight excluding hydrogens is 332 g/mol. The number of furan rings is 1. The number of imidazole rings is 1. The summed E-state index contributed by atoms with van der Waals surface area (Å²) in [6.45, 7) is 0.303. The molecule has 0 atom stereocenters. The quantitative estimate of drug-likeness (QED) is 0.600. The van der Waals surface area contributed by atoms with Crippen molar-refractivity contribution in [2.45, 2.75) is 6.54 Å². The molecule has 1 amide bonds. The summed E-state index contributed by atoms with van der Waals surface area (Å²) >= 11 is 0. The normalized spacial score (nSPS) is 10.8. The molecule has 0 aliphatic heterocycles. The van der Waals surface area contributed by atoms with E-state index in [4.69, 9.17) is 9.15 Å². The van der Waals surface area contributed by atoms with Gasteiger partial charge in [0.25, 0.3) is 11.9 Å². The van der Waals surface area contributed by atoms with E-state index < -0.39 is 0 Å². The molecule has 130 valence electrons. The van der Waals surface area contributed by atoms with E-state index in [0.717, 1.165) is 22.4 Å². The van der Waals surface area contributed by atoms with Gasteiger partial charge in [-0.25, -0.2) is 9.97 Å². The van der Waals surface area contributed by atoms with Gasteiger partial charge in [-0.15, -0.1) is 0 Å². The zero-order chi connectivity index (χ0) is 17.9. The van der Waals surface area contributed by atoms with Gasteiger partial charge in [0.1, 0.15) is 12.1 Å². The second kappa shape index (κ2) is 6.72. The molecule has 7 nitrogen and oxygen atoms in total. The Bertz CT molecular complexity index is 1070. The van der Waals surface area contributed by atoms with Crippen LogP contribution in [0.15, 0.2) is 65.5 Å². The number of hydrogen-bond donors (Lipinski definition) is 1. The highest BCUT2D eigenvalue weighted by Crippen LogP contribution is 2.19. The van der Waals surface area contributed by atoms with Crippen LogP contribution in [0.2, 0.25) is 0 Å². The first-order valence-corrected chi connectivity index (χ1v) is 8.04. The molecule has 0 aliphatic carbocycles. The van der Waals surface area contributed by atoms with Crippen LogP contribution in [0.25, 0.3) is 16.9 Å². The first kappa shape index (κ1) is 15.9. The van der Waals surface area contributed by atoms with Crippen LogP contribution in [0, 0.1) is 0 Å². The van der Waals surface area contributed by atoms with Gasteiger partial charge in [0.05, 0.1) is 18.1 Å². The number of methoxy groups -OCH3 is 1.